The van der Waals surface area contributed by atoms with Gasteiger partial charge in [-0.2, -0.15) is 0 Å². The quantitative estimate of drug-likeness (QED) is 0.650. The van der Waals surface area contributed by atoms with Gasteiger partial charge in [0, 0.05) is 0 Å². The van der Waals surface area contributed by atoms with Gasteiger partial charge in [0.2, 0.25) is 5.88 Å². The number of aryl methyl sites for hydroxylation is 1. The lowest BCUT2D eigenvalue weighted by atomic mass is 10.1. The number of hydrogen-bond donors (Lipinski definition) is 1. The number of nitrogen functional groups attached to an aromatic ring is 1. The predicted octanol–water partition coefficient (Wildman–Crippen LogP) is 2.40. The minimum Gasteiger partial charge on any atom is -0.493 e. The summed E-state index contributed by atoms with van der Waals surface area (Å²) in [5, 5.41) is 3.68. The van der Waals surface area contributed by atoms with Gasteiger partial charge < -0.3 is 20.0 Å². The van der Waals surface area contributed by atoms with Crippen molar-refractivity contribution in [1.82, 2.24) is 9.97 Å². The van der Waals surface area contributed by atoms with Crippen molar-refractivity contribution in [2.75, 3.05) is 20.0 Å². The number of benzene rings is 1. The van der Waals surface area contributed by atoms with E-state index in [2.05, 4.69) is 26.9 Å². The van der Waals surface area contributed by atoms with Crippen molar-refractivity contribution in [3.8, 4) is 17.4 Å². The molecule has 116 valence electrons. The molecular weight excluding hydrogens is 284 g/mol. The molecule has 0 saturated heterocycles. The van der Waals surface area contributed by atoms with Crippen molar-refractivity contribution >= 4 is 12.0 Å². The van der Waals surface area contributed by atoms with E-state index in [1.807, 2.05) is 18.2 Å². The summed E-state index contributed by atoms with van der Waals surface area (Å²) < 4.78 is 11.2. The molecule has 0 radical (unpaired) electrons. The van der Waals surface area contributed by atoms with Gasteiger partial charge in [0.05, 0.1) is 13.3 Å². The molecule has 7 nitrogen and oxygen atoms in total. The molecule has 22 heavy (non-hydrogen) atoms. The zero-order valence-corrected chi connectivity index (χ0v) is 12.7. The summed E-state index contributed by atoms with van der Waals surface area (Å²) in [7, 11) is 3.02. The van der Waals surface area contributed by atoms with Gasteiger partial charge in [-0.3, -0.25) is 0 Å². The highest BCUT2D eigenvalue weighted by Gasteiger charge is 2.13. The molecule has 1 heterocycles. The standard InChI is InChI=1S/C15H18N4O3/c1-4-10-5-6-12(13(7-10)20-2)22-15-11(8-19-21-3)14(16)17-9-18-15/h5-9H,4H2,1-3H3,(H2,16,17,18)/b19-8+. The van der Waals surface area contributed by atoms with Crippen LogP contribution in [0.15, 0.2) is 29.7 Å². The molecule has 0 atom stereocenters. The van der Waals surface area contributed by atoms with Crippen LogP contribution in [-0.2, 0) is 11.3 Å². The molecular formula is C15H18N4O3. The Morgan fingerprint density at radius 3 is 2.73 bits per heavy atom. The summed E-state index contributed by atoms with van der Waals surface area (Å²) in [5.41, 5.74) is 7.40. The lowest BCUT2D eigenvalue weighted by molar-refractivity contribution is 0.215. The Kier molecular flexibility index (Phi) is 5.13. The third-order valence-corrected chi connectivity index (χ3v) is 3.01. The van der Waals surface area contributed by atoms with Gasteiger partial charge >= 0.3 is 0 Å². The first-order valence-electron chi connectivity index (χ1n) is 6.71. The average molecular weight is 302 g/mol. The van der Waals surface area contributed by atoms with Gasteiger partial charge in [0.1, 0.15) is 24.8 Å². The molecule has 0 aliphatic carbocycles. The molecule has 0 aliphatic heterocycles. The molecule has 0 bridgehead atoms. The Morgan fingerprint density at radius 1 is 1.23 bits per heavy atom. The maximum Gasteiger partial charge on any atom is 0.233 e. The number of aromatic nitrogens is 2. The van der Waals surface area contributed by atoms with Crippen LogP contribution in [0.2, 0.25) is 0 Å². The zero-order chi connectivity index (χ0) is 15.9. The van der Waals surface area contributed by atoms with Crippen LogP contribution >= 0.6 is 0 Å². The molecule has 1 aromatic carbocycles. The lowest BCUT2D eigenvalue weighted by Crippen LogP contribution is -2.03. The molecule has 0 saturated carbocycles. The van der Waals surface area contributed by atoms with Crippen molar-refractivity contribution in [3.05, 3.63) is 35.7 Å². The van der Waals surface area contributed by atoms with Crippen molar-refractivity contribution in [3.63, 3.8) is 0 Å². The second-order valence-electron chi connectivity index (χ2n) is 4.34. The Hall–Kier alpha value is -2.83. The van der Waals surface area contributed by atoms with Gasteiger partial charge in [-0.1, -0.05) is 18.1 Å². The van der Waals surface area contributed by atoms with E-state index < -0.39 is 0 Å². The smallest absolute Gasteiger partial charge is 0.233 e. The average Bonchev–Trinajstić information content (AvgIpc) is 2.54. The monoisotopic (exact) mass is 302 g/mol. The number of rotatable bonds is 6. The number of nitrogens with two attached hydrogens (primary N) is 1. The van der Waals surface area contributed by atoms with Crippen molar-refractivity contribution in [2.45, 2.75) is 13.3 Å². The topological polar surface area (TPSA) is 91.9 Å². The van der Waals surface area contributed by atoms with E-state index in [4.69, 9.17) is 15.2 Å². The van der Waals surface area contributed by atoms with Crippen LogP contribution in [0.3, 0.4) is 0 Å². The van der Waals surface area contributed by atoms with Crippen molar-refractivity contribution in [1.29, 1.82) is 0 Å². The van der Waals surface area contributed by atoms with Crippen LogP contribution in [-0.4, -0.2) is 30.4 Å². The molecule has 1 aromatic heterocycles. The SMILES string of the molecule is CCc1ccc(Oc2ncnc(N)c2/C=N/OC)c(OC)c1. The van der Waals surface area contributed by atoms with E-state index in [1.54, 1.807) is 7.11 Å². The largest absolute Gasteiger partial charge is 0.493 e. The van der Waals surface area contributed by atoms with Gasteiger partial charge in [-0.15, -0.1) is 0 Å². The number of methoxy groups -OCH3 is 1. The Morgan fingerprint density at radius 2 is 2.05 bits per heavy atom. The van der Waals surface area contributed by atoms with Gasteiger partial charge in [-0.05, 0) is 24.1 Å². The summed E-state index contributed by atoms with van der Waals surface area (Å²) in [5.74, 6) is 1.67. The van der Waals surface area contributed by atoms with Crippen LogP contribution in [0.5, 0.6) is 17.4 Å². The number of nitrogens with zero attached hydrogens (tertiary/aromatic N) is 3. The van der Waals surface area contributed by atoms with Crippen molar-refractivity contribution in [2.24, 2.45) is 5.16 Å². The first-order chi connectivity index (χ1) is 10.7. The van der Waals surface area contributed by atoms with Crippen LogP contribution in [0.4, 0.5) is 5.82 Å². The van der Waals surface area contributed by atoms with Gasteiger partial charge in [0.15, 0.2) is 11.5 Å². The fourth-order valence-corrected chi connectivity index (χ4v) is 1.82. The molecule has 0 unspecified atom stereocenters. The van der Waals surface area contributed by atoms with Crippen LogP contribution in [0.25, 0.3) is 0 Å². The highest BCUT2D eigenvalue weighted by molar-refractivity contribution is 5.88. The third kappa shape index (κ3) is 3.43. The van der Waals surface area contributed by atoms with E-state index in [-0.39, 0.29) is 11.7 Å². The molecule has 0 amide bonds. The Bertz CT molecular complexity index is 674. The normalized spacial score (nSPS) is 10.7. The molecule has 2 N–H and O–H groups in total. The van der Waals surface area contributed by atoms with E-state index in [9.17, 15) is 0 Å². The Balaban J connectivity index is 2.39. The van der Waals surface area contributed by atoms with Gasteiger partial charge in [0.25, 0.3) is 0 Å². The molecule has 2 rings (SSSR count). The summed E-state index contributed by atoms with van der Waals surface area (Å²) in [4.78, 5) is 12.7. The third-order valence-electron chi connectivity index (χ3n) is 3.01. The first kappa shape index (κ1) is 15.6. The second kappa shape index (κ2) is 7.26. The molecule has 2 aromatic rings. The molecule has 0 spiro atoms. The minimum atomic E-state index is 0.245. The number of oxime groups is 1. The highest BCUT2D eigenvalue weighted by atomic mass is 16.6. The Labute approximate surface area is 128 Å². The second-order valence-corrected chi connectivity index (χ2v) is 4.34. The number of anilines is 1. The maximum absolute atomic E-state index is 5.82. The number of hydrogen-bond acceptors (Lipinski definition) is 7. The minimum absolute atomic E-state index is 0.245. The molecule has 0 fully saturated rings. The van der Waals surface area contributed by atoms with Crippen molar-refractivity contribution < 1.29 is 14.3 Å². The summed E-state index contributed by atoms with van der Waals surface area (Å²) in [6.07, 6.45) is 3.63. The van der Waals surface area contributed by atoms with Crippen LogP contribution < -0.4 is 15.2 Å². The van der Waals surface area contributed by atoms with E-state index in [0.29, 0.717) is 17.1 Å². The van der Waals surface area contributed by atoms with Crippen LogP contribution in [0.1, 0.15) is 18.1 Å². The van der Waals surface area contributed by atoms with Gasteiger partial charge in [-0.25, -0.2) is 9.97 Å². The fourth-order valence-electron chi connectivity index (χ4n) is 1.82. The highest BCUT2D eigenvalue weighted by Crippen LogP contribution is 2.33. The summed E-state index contributed by atoms with van der Waals surface area (Å²) in [6.45, 7) is 2.07. The maximum atomic E-state index is 5.82. The van der Waals surface area contributed by atoms with E-state index in [1.165, 1.54) is 19.7 Å². The van der Waals surface area contributed by atoms with E-state index >= 15 is 0 Å². The molecule has 7 heteroatoms. The lowest BCUT2D eigenvalue weighted by Gasteiger charge is -2.12. The summed E-state index contributed by atoms with van der Waals surface area (Å²) >= 11 is 0. The number of ether oxygens (including phenoxy) is 2. The van der Waals surface area contributed by atoms with Crippen LogP contribution in [0, 0.1) is 0 Å². The van der Waals surface area contributed by atoms with E-state index in [0.717, 1.165) is 12.0 Å². The molecule has 0 aliphatic rings. The predicted molar refractivity (Wildman–Crippen MR) is 83.5 cm³/mol. The first-order valence-corrected chi connectivity index (χ1v) is 6.71. The zero-order valence-electron chi connectivity index (χ0n) is 12.7. The summed E-state index contributed by atoms with van der Waals surface area (Å²) in [6, 6.07) is 5.71. The fraction of sp³-hybridized carbons (Fsp3) is 0.267.